The molecule has 1 aliphatic rings. The molecule has 0 aliphatic heterocycles. The molecule has 1 atom stereocenters. The van der Waals surface area contributed by atoms with E-state index in [2.05, 4.69) is 16.0 Å². The maximum Gasteiger partial charge on any atom is 0.277 e. The Bertz CT molecular complexity index is 1810. The van der Waals surface area contributed by atoms with Crippen LogP contribution in [0.2, 0.25) is 0 Å². The average Bonchev–Trinajstić information content (AvgIpc) is 3.76. The number of nitriles is 1. The van der Waals surface area contributed by atoms with Gasteiger partial charge in [0.05, 0.1) is 22.6 Å². The molecule has 0 unspecified atom stereocenters. The third-order valence-electron chi connectivity index (χ3n) is 7.28. The number of rotatable bonds is 8. The normalized spacial score (nSPS) is 14.1. The number of hydrogen-bond acceptors (Lipinski definition) is 7. The number of pyridine rings is 1. The van der Waals surface area contributed by atoms with Crippen molar-refractivity contribution < 1.29 is 17.9 Å². The summed E-state index contributed by atoms with van der Waals surface area (Å²) in [5.41, 5.74) is 1.66. The standard InChI is InChI=1S/C30H27FN4O4S/c1-3-25(22-6-4-5-20(15-22)17-32)35-26(16-19-7-8-19)34-29(36)27(30(35)37)40(38,39)23-11-9-21(10-12-23)24-13-14-33-28(31)18(24)2/h4-6,9-15,19,25,36H,3,7-8,16H2,1-2H3/t25-/m0/s1. The van der Waals surface area contributed by atoms with E-state index < -0.39 is 38.2 Å². The van der Waals surface area contributed by atoms with Crippen LogP contribution in [0.4, 0.5) is 4.39 Å². The predicted octanol–water partition coefficient (Wildman–Crippen LogP) is 5.11. The molecule has 1 aliphatic carbocycles. The third kappa shape index (κ3) is 5.00. The van der Waals surface area contributed by atoms with E-state index in [0.29, 0.717) is 52.4 Å². The minimum Gasteiger partial charge on any atom is -0.492 e. The summed E-state index contributed by atoms with van der Waals surface area (Å²) in [5, 5.41) is 20.2. The number of aromatic hydroxyl groups is 1. The minimum absolute atomic E-state index is 0.210. The smallest absolute Gasteiger partial charge is 0.277 e. The van der Waals surface area contributed by atoms with Crippen molar-refractivity contribution in [2.24, 2.45) is 5.92 Å². The van der Waals surface area contributed by atoms with E-state index in [-0.39, 0.29) is 4.90 Å². The highest BCUT2D eigenvalue weighted by molar-refractivity contribution is 7.91. The molecule has 8 nitrogen and oxygen atoms in total. The molecular formula is C30H27FN4O4S. The Morgan fingerprint density at radius 3 is 2.55 bits per heavy atom. The molecule has 2 aromatic carbocycles. The molecule has 5 rings (SSSR count). The largest absolute Gasteiger partial charge is 0.492 e. The highest BCUT2D eigenvalue weighted by atomic mass is 32.2. The van der Waals surface area contributed by atoms with Crippen LogP contribution in [0.3, 0.4) is 0 Å². The maximum atomic E-state index is 14.0. The fourth-order valence-electron chi connectivity index (χ4n) is 4.97. The van der Waals surface area contributed by atoms with Gasteiger partial charge in [-0.15, -0.1) is 0 Å². The Morgan fingerprint density at radius 1 is 1.18 bits per heavy atom. The number of hydrogen-bond donors (Lipinski definition) is 1. The summed E-state index contributed by atoms with van der Waals surface area (Å²) in [6, 6.07) is 15.6. The molecule has 0 spiro atoms. The first-order chi connectivity index (χ1) is 19.1. The van der Waals surface area contributed by atoms with Crippen LogP contribution in [-0.2, 0) is 16.3 Å². The van der Waals surface area contributed by atoms with Crippen molar-refractivity contribution in [3.8, 4) is 23.1 Å². The second kappa shape index (κ2) is 10.7. The maximum absolute atomic E-state index is 14.0. The van der Waals surface area contributed by atoms with E-state index in [0.717, 1.165) is 12.8 Å². The molecule has 0 bridgehead atoms. The lowest BCUT2D eigenvalue weighted by Gasteiger charge is -2.23. The predicted molar refractivity (Wildman–Crippen MR) is 146 cm³/mol. The van der Waals surface area contributed by atoms with Crippen molar-refractivity contribution in [2.45, 2.75) is 55.4 Å². The molecule has 2 aromatic heterocycles. The van der Waals surface area contributed by atoms with E-state index in [1.165, 1.54) is 35.0 Å². The molecule has 0 radical (unpaired) electrons. The number of nitrogens with zero attached hydrogens (tertiary/aromatic N) is 4. The SMILES string of the molecule is CC[C@@H](c1cccc(C#N)c1)n1c(CC2CC2)nc(O)c(S(=O)(=O)c2ccc(-c3ccnc(F)c3C)cc2)c1=O. The van der Waals surface area contributed by atoms with Crippen LogP contribution in [0.1, 0.15) is 54.7 Å². The van der Waals surface area contributed by atoms with Crippen LogP contribution in [0.5, 0.6) is 5.88 Å². The topological polar surface area (TPSA) is 126 Å². The van der Waals surface area contributed by atoms with Gasteiger partial charge >= 0.3 is 0 Å². The van der Waals surface area contributed by atoms with Gasteiger partial charge in [0.1, 0.15) is 5.82 Å². The Morgan fingerprint density at radius 2 is 1.90 bits per heavy atom. The van der Waals surface area contributed by atoms with Gasteiger partial charge in [0, 0.05) is 18.2 Å². The number of benzene rings is 2. The van der Waals surface area contributed by atoms with Gasteiger partial charge in [0.2, 0.25) is 21.7 Å². The quantitative estimate of drug-likeness (QED) is 0.298. The summed E-state index contributed by atoms with van der Waals surface area (Å²) < 4.78 is 42.8. The summed E-state index contributed by atoms with van der Waals surface area (Å²) in [5.74, 6) is -0.850. The van der Waals surface area contributed by atoms with Gasteiger partial charge in [0.25, 0.3) is 5.56 Å². The first kappa shape index (κ1) is 27.2. The minimum atomic E-state index is -4.49. The Labute approximate surface area is 231 Å². The summed E-state index contributed by atoms with van der Waals surface area (Å²) >= 11 is 0. The molecule has 0 amide bonds. The van der Waals surface area contributed by atoms with Crippen LogP contribution in [0.15, 0.2) is 75.4 Å². The van der Waals surface area contributed by atoms with Crippen molar-refractivity contribution >= 4 is 9.84 Å². The zero-order chi connectivity index (χ0) is 28.6. The monoisotopic (exact) mass is 558 g/mol. The van der Waals surface area contributed by atoms with E-state index in [1.807, 2.05) is 6.92 Å². The number of halogens is 1. The Kier molecular flexibility index (Phi) is 7.25. The molecule has 10 heteroatoms. The zero-order valence-electron chi connectivity index (χ0n) is 22.0. The highest BCUT2D eigenvalue weighted by Crippen LogP contribution is 2.35. The first-order valence-corrected chi connectivity index (χ1v) is 14.4. The molecule has 40 heavy (non-hydrogen) atoms. The van der Waals surface area contributed by atoms with E-state index in [9.17, 15) is 28.0 Å². The summed E-state index contributed by atoms with van der Waals surface area (Å²) in [6.45, 7) is 3.44. The molecule has 0 saturated heterocycles. The lowest BCUT2D eigenvalue weighted by atomic mass is 10.0. The van der Waals surface area contributed by atoms with E-state index in [1.54, 1.807) is 37.3 Å². The van der Waals surface area contributed by atoms with Crippen molar-refractivity contribution in [3.05, 3.63) is 99.6 Å². The van der Waals surface area contributed by atoms with Crippen LogP contribution in [0, 0.1) is 30.1 Å². The summed E-state index contributed by atoms with van der Waals surface area (Å²) in [4.78, 5) is 20.9. The lowest BCUT2D eigenvalue weighted by Crippen LogP contribution is -2.33. The van der Waals surface area contributed by atoms with Gasteiger partial charge in [-0.3, -0.25) is 9.36 Å². The van der Waals surface area contributed by atoms with Crippen molar-refractivity contribution in [1.29, 1.82) is 5.26 Å². The molecule has 1 saturated carbocycles. The first-order valence-electron chi connectivity index (χ1n) is 13.0. The van der Waals surface area contributed by atoms with Gasteiger partial charge in [-0.05, 0) is 79.1 Å². The fraction of sp³-hybridized carbons (Fsp3) is 0.267. The average molecular weight is 559 g/mol. The van der Waals surface area contributed by atoms with Crippen LogP contribution in [-0.4, -0.2) is 28.1 Å². The number of aromatic nitrogens is 3. The molecule has 204 valence electrons. The fourth-order valence-corrected chi connectivity index (χ4v) is 6.31. The molecule has 2 heterocycles. The van der Waals surface area contributed by atoms with E-state index in [4.69, 9.17) is 0 Å². The zero-order valence-corrected chi connectivity index (χ0v) is 22.8. The van der Waals surface area contributed by atoms with Gasteiger partial charge in [-0.2, -0.15) is 14.6 Å². The number of sulfone groups is 1. The summed E-state index contributed by atoms with van der Waals surface area (Å²) in [7, 11) is -4.49. The Hall–Kier alpha value is -4.36. The Balaban J connectivity index is 1.64. The van der Waals surface area contributed by atoms with Gasteiger partial charge in [-0.1, -0.05) is 31.2 Å². The second-order valence-electron chi connectivity index (χ2n) is 9.97. The molecule has 4 aromatic rings. The van der Waals surface area contributed by atoms with Crippen LogP contribution in [0.25, 0.3) is 11.1 Å². The molecule has 1 N–H and O–H groups in total. The van der Waals surface area contributed by atoms with Gasteiger partial charge in [0.15, 0.2) is 4.90 Å². The van der Waals surface area contributed by atoms with Gasteiger partial charge in [-0.25, -0.2) is 13.4 Å². The van der Waals surface area contributed by atoms with Crippen LogP contribution < -0.4 is 5.56 Å². The molecule has 1 fully saturated rings. The van der Waals surface area contributed by atoms with Crippen LogP contribution >= 0.6 is 0 Å². The molecular weight excluding hydrogens is 531 g/mol. The van der Waals surface area contributed by atoms with Crippen molar-refractivity contribution in [2.75, 3.05) is 0 Å². The van der Waals surface area contributed by atoms with Crippen molar-refractivity contribution in [1.82, 2.24) is 14.5 Å². The van der Waals surface area contributed by atoms with Gasteiger partial charge < -0.3 is 5.11 Å². The van der Waals surface area contributed by atoms with Crippen molar-refractivity contribution in [3.63, 3.8) is 0 Å². The third-order valence-corrected chi connectivity index (χ3v) is 9.07. The highest BCUT2D eigenvalue weighted by Gasteiger charge is 2.33. The van der Waals surface area contributed by atoms with E-state index >= 15 is 0 Å². The second-order valence-corrected chi connectivity index (χ2v) is 11.9. The summed E-state index contributed by atoms with van der Waals surface area (Å²) in [6.07, 6.45) is 4.10. The lowest BCUT2D eigenvalue weighted by molar-refractivity contribution is 0.406.